The van der Waals surface area contributed by atoms with E-state index in [1.165, 1.54) is 6.42 Å². The van der Waals surface area contributed by atoms with E-state index in [9.17, 15) is 0 Å². The predicted octanol–water partition coefficient (Wildman–Crippen LogP) is 1.75. The fourth-order valence-electron chi connectivity index (χ4n) is 1.05. The van der Waals surface area contributed by atoms with Crippen molar-refractivity contribution in [2.24, 2.45) is 11.1 Å². The molecule has 0 aliphatic rings. The van der Waals surface area contributed by atoms with Gasteiger partial charge in [0.05, 0.1) is 0 Å². The van der Waals surface area contributed by atoms with E-state index in [-0.39, 0.29) is 0 Å². The van der Waals surface area contributed by atoms with Crippen molar-refractivity contribution in [1.29, 1.82) is 0 Å². The molecule has 0 aromatic carbocycles. The monoisotopic (exact) mass is 172 g/mol. The van der Waals surface area contributed by atoms with Crippen molar-refractivity contribution in [1.82, 2.24) is 5.32 Å². The molecule has 0 aliphatic heterocycles. The Kier molecular flexibility index (Phi) is 5.51. The summed E-state index contributed by atoms with van der Waals surface area (Å²) in [5, 5.41) is 3.46. The van der Waals surface area contributed by atoms with E-state index in [0.717, 1.165) is 19.5 Å². The van der Waals surface area contributed by atoms with Gasteiger partial charge in [0.15, 0.2) is 0 Å². The van der Waals surface area contributed by atoms with E-state index in [4.69, 9.17) is 5.73 Å². The Morgan fingerprint density at radius 2 is 1.92 bits per heavy atom. The minimum atomic E-state index is 0.440. The van der Waals surface area contributed by atoms with Gasteiger partial charge in [0.25, 0.3) is 0 Å². The molecule has 74 valence electrons. The van der Waals surface area contributed by atoms with Crippen molar-refractivity contribution in [2.75, 3.05) is 13.1 Å². The van der Waals surface area contributed by atoms with Crippen LogP contribution in [0, 0.1) is 5.41 Å². The quantitative estimate of drug-likeness (QED) is 0.663. The zero-order chi connectivity index (χ0) is 9.61. The fourth-order valence-corrected chi connectivity index (χ4v) is 1.05. The van der Waals surface area contributed by atoms with Crippen molar-refractivity contribution in [3.63, 3.8) is 0 Å². The zero-order valence-electron chi connectivity index (χ0n) is 8.98. The van der Waals surface area contributed by atoms with Crippen molar-refractivity contribution in [2.45, 2.75) is 46.6 Å². The van der Waals surface area contributed by atoms with Crippen LogP contribution in [0.5, 0.6) is 0 Å². The Morgan fingerprint density at radius 3 is 2.33 bits per heavy atom. The molecule has 2 nitrogen and oxygen atoms in total. The molecule has 0 heterocycles. The molecule has 0 saturated heterocycles. The molecule has 0 aromatic rings. The van der Waals surface area contributed by atoms with Gasteiger partial charge in [-0.1, -0.05) is 20.8 Å². The highest BCUT2D eigenvalue weighted by Crippen LogP contribution is 2.17. The number of hydrogen-bond donors (Lipinski definition) is 2. The SMILES string of the molecule is CC(CCN)NCCC(C)(C)C. The van der Waals surface area contributed by atoms with Crippen LogP contribution < -0.4 is 11.1 Å². The molecule has 0 aromatic heterocycles. The summed E-state index contributed by atoms with van der Waals surface area (Å²) >= 11 is 0. The van der Waals surface area contributed by atoms with Crippen LogP contribution in [0.3, 0.4) is 0 Å². The van der Waals surface area contributed by atoms with Gasteiger partial charge in [-0.25, -0.2) is 0 Å². The number of hydrogen-bond acceptors (Lipinski definition) is 2. The van der Waals surface area contributed by atoms with Crippen LogP contribution in [0.4, 0.5) is 0 Å². The molecule has 0 saturated carbocycles. The van der Waals surface area contributed by atoms with Crippen molar-refractivity contribution in [3.05, 3.63) is 0 Å². The van der Waals surface area contributed by atoms with E-state index in [1.807, 2.05) is 0 Å². The largest absolute Gasteiger partial charge is 0.330 e. The average Bonchev–Trinajstić information content (AvgIpc) is 1.84. The molecule has 2 heteroatoms. The highest BCUT2D eigenvalue weighted by molar-refractivity contribution is 4.66. The average molecular weight is 172 g/mol. The van der Waals surface area contributed by atoms with Crippen LogP contribution in [-0.2, 0) is 0 Å². The Hall–Kier alpha value is -0.0800. The molecule has 12 heavy (non-hydrogen) atoms. The first kappa shape index (κ1) is 11.9. The van der Waals surface area contributed by atoms with Crippen molar-refractivity contribution in [3.8, 4) is 0 Å². The van der Waals surface area contributed by atoms with Crippen LogP contribution in [-0.4, -0.2) is 19.1 Å². The molecule has 0 radical (unpaired) electrons. The smallest absolute Gasteiger partial charge is 0.00507 e. The maximum absolute atomic E-state index is 5.45. The van der Waals surface area contributed by atoms with Gasteiger partial charge in [0, 0.05) is 6.04 Å². The second kappa shape index (κ2) is 5.55. The molecular weight excluding hydrogens is 148 g/mol. The lowest BCUT2D eigenvalue weighted by atomic mass is 9.92. The first-order valence-electron chi connectivity index (χ1n) is 4.89. The van der Waals surface area contributed by atoms with Gasteiger partial charge < -0.3 is 11.1 Å². The standard InChI is InChI=1S/C10H24N2/c1-9(5-7-11)12-8-6-10(2,3)4/h9,12H,5-8,11H2,1-4H3. The third kappa shape index (κ3) is 8.02. The molecule has 0 bridgehead atoms. The summed E-state index contributed by atoms with van der Waals surface area (Å²) in [7, 11) is 0. The highest BCUT2D eigenvalue weighted by Gasteiger charge is 2.09. The molecule has 0 rings (SSSR count). The van der Waals surface area contributed by atoms with E-state index in [0.29, 0.717) is 11.5 Å². The van der Waals surface area contributed by atoms with Crippen molar-refractivity contribution < 1.29 is 0 Å². The minimum Gasteiger partial charge on any atom is -0.330 e. The molecule has 1 atom stereocenters. The topological polar surface area (TPSA) is 38.0 Å². The maximum atomic E-state index is 5.45. The Morgan fingerprint density at radius 1 is 1.33 bits per heavy atom. The second-order valence-corrected chi connectivity index (χ2v) is 4.74. The summed E-state index contributed by atoms with van der Waals surface area (Å²) in [6.45, 7) is 10.9. The Labute approximate surface area is 76.9 Å². The fraction of sp³-hybridized carbons (Fsp3) is 1.00. The third-order valence-corrected chi connectivity index (χ3v) is 1.97. The first-order valence-corrected chi connectivity index (χ1v) is 4.89. The summed E-state index contributed by atoms with van der Waals surface area (Å²) in [4.78, 5) is 0. The van der Waals surface area contributed by atoms with E-state index >= 15 is 0 Å². The summed E-state index contributed by atoms with van der Waals surface area (Å²) in [5.41, 5.74) is 5.89. The summed E-state index contributed by atoms with van der Waals surface area (Å²) < 4.78 is 0. The summed E-state index contributed by atoms with van der Waals surface area (Å²) in [6.07, 6.45) is 2.30. The second-order valence-electron chi connectivity index (χ2n) is 4.74. The van der Waals surface area contributed by atoms with Crippen molar-refractivity contribution >= 4 is 0 Å². The van der Waals surface area contributed by atoms with Gasteiger partial charge in [-0.3, -0.25) is 0 Å². The number of nitrogens with two attached hydrogens (primary N) is 1. The van der Waals surface area contributed by atoms with Crippen LogP contribution >= 0.6 is 0 Å². The molecule has 0 aliphatic carbocycles. The Bertz CT molecular complexity index is 105. The van der Waals surface area contributed by atoms with E-state index in [1.54, 1.807) is 0 Å². The van der Waals surface area contributed by atoms with E-state index < -0.39 is 0 Å². The zero-order valence-corrected chi connectivity index (χ0v) is 8.98. The molecule has 0 fully saturated rings. The van der Waals surface area contributed by atoms with Gasteiger partial charge in [-0.15, -0.1) is 0 Å². The third-order valence-electron chi connectivity index (χ3n) is 1.97. The summed E-state index contributed by atoms with van der Waals surface area (Å²) in [6, 6.07) is 0.567. The molecule has 1 unspecified atom stereocenters. The molecule has 3 N–H and O–H groups in total. The molecule has 0 amide bonds. The Balaban J connectivity index is 3.31. The van der Waals surface area contributed by atoms with Crippen LogP contribution in [0.15, 0.2) is 0 Å². The molecule has 0 spiro atoms. The van der Waals surface area contributed by atoms with Gasteiger partial charge in [0.1, 0.15) is 0 Å². The van der Waals surface area contributed by atoms with Gasteiger partial charge in [-0.2, -0.15) is 0 Å². The molecular formula is C10H24N2. The van der Waals surface area contributed by atoms with Crippen LogP contribution in [0.1, 0.15) is 40.5 Å². The van der Waals surface area contributed by atoms with E-state index in [2.05, 4.69) is 33.0 Å². The van der Waals surface area contributed by atoms with Gasteiger partial charge in [-0.05, 0) is 38.3 Å². The normalized spacial score (nSPS) is 14.8. The first-order chi connectivity index (χ1) is 5.45. The van der Waals surface area contributed by atoms with Gasteiger partial charge in [0.2, 0.25) is 0 Å². The minimum absolute atomic E-state index is 0.440. The van der Waals surface area contributed by atoms with Gasteiger partial charge >= 0.3 is 0 Å². The predicted molar refractivity (Wildman–Crippen MR) is 55.2 cm³/mol. The lowest BCUT2D eigenvalue weighted by molar-refractivity contribution is 0.354. The maximum Gasteiger partial charge on any atom is 0.00507 e. The highest BCUT2D eigenvalue weighted by atomic mass is 14.9. The number of rotatable bonds is 5. The number of nitrogens with one attached hydrogen (secondary N) is 1. The van der Waals surface area contributed by atoms with Crippen LogP contribution in [0.25, 0.3) is 0 Å². The lowest BCUT2D eigenvalue weighted by Gasteiger charge is -2.20. The summed E-state index contributed by atoms with van der Waals surface area (Å²) in [5.74, 6) is 0. The lowest BCUT2D eigenvalue weighted by Crippen LogP contribution is -2.31. The van der Waals surface area contributed by atoms with Crippen LogP contribution in [0.2, 0.25) is 0 Å².